The Kier molecular flexibility index (Phi) is 17.9. The summed E-state index contributed by atoms with van der Waals surface area (Å²) in [4.78, 5) is 41.3. The van der Waals surface area contributed by atoms with E-state index in [-0.39, 0.29) is 26.2 Å². The van der Waals surface area contributed by atoms with E-state index in [1.54, 1.807) is 0 Å². The third-order valence-electron chi connectivity index (χ3n) is 12.4. The molecule has 0 radical (unpaired) electrons. The molecule has 4 aliphatic rings. The van der Waals surface area contributed by atoms with Crippen LogP contribution < -0.4 is 5.32 Å². The Morgan fingerprint density at radius 2 is 0.970 bits per heavy atom. The molecule has 11 nitrogen and oxygen atoms in total. The molecule has 2 aliphatic carbocycles. The number of carbonyl (C=O) groups excluding carboxylic acids is 1. The largest absolute Gasteiger partial charge is 0.481 e. The Morgan fingerprint density at radius 3 is 1.29 bits per heavy atom. The number of nitrogens with one attached hydrogen (secondary N) is 1. The van der Waals surface area contributed by atoms with Crippen LogP contribution in [0, 0.1) is 13.8 Å². The van der Waals surface area contributed by atoms with Crippen molar-refractivity contribution in [2.45, 2.75) is 126 Å². The summed E-state index contributed by atoms with van der Waals surface area (Å²) < 4.78 is 146. The Hall–Kier alpha value is -4.35. The topological polar surface area (TPSA) is 143 Å². The van der Waals surface area contributed by atoms with E-state index in [9.17, 15) is 77.3 Å². The SMILES string of the molecule is Cc1ccc(CN2CCN(C(=O)OC(C(F)(F)F)C(F)(F)F)CC2)c(C2(C(=O)O)CCCC2)c1.Cc1ccc(CN2CCNCC2)c(C2(C(=O)O)CCCC2)c1.OC(C(F)(F)F)C(F)(F)F. The minimum Gasteiger partial charge on any atom is -0.481 e. The summed E-state index contributed by atoms with van der Waals surface area (Å²) in [5.74, 6) is -1.52. The molecular weight excluding hydrogens is 912 g/mol. The van der Waals surface area contributed by atoms with Gasteiger partial charge in [-0.2, -0.15) is 52.7 Å². The van der Waals surface area contributed by atoms with E-state index in [2.05, 4.69) is 40.1 Å². The van der Waals surface area contributed by atoms with Gasteiger partial charge in [-0.15, -0.1) is 0 Å². The van der Waals surface area contributed by atoms with E-state index in [0.29, 0.717) is 19.4 Å². The highest BCUT2D eigenvalue weighted by Gasteiger charge is 2.60. The molecule has 66 heavy (non-hydrogen) atoms. The number of halogens is 12. The Labute approximate surface area is 373 Å². The van der Waals surface area contributed by atoms with Gasteiger partial charge in [-0.05, 0) is 61.8 Å². The number of rotatable bonds is 9. The van der Waals surface area contributed by atoms with Gasteiger partial charge in [-0.1, -0.05) is 73.2 Å². The molecule has 2 saturated carbocycles. The zero-order chi connectivity index (χ0) is 49.5. The monoisotopic (exact) mass is 966 g/mol. The highest BCUT2D eigenvalue weighted by molar-refractivity contribution is 5.83. The molecule has 6 rings (SSSR count). The first kappa shape index (κ1) is 54.3. The number of carboxylic acids is 2. The number of hydrogen-bond acceptors (Lipinski definition) is 8. The molecule has 4 N–H and O–H groups in total. The van der Waals surface area contributed by atoms with E-state index in [1.807, 2.05) is 30.0 Å². The molecule has 4 fully saturated rings. The minimum atomic E-state index is -5.77. The number of aliphatic hydroxyl groups excluding tert-OH is 1. The summed E-state index contributed by atoms with van der Waals surface area (Å²) in [6, 6.07) is 12.0. The van der Waals surface area contributed by atoms with Gasteiger partial charge in [0, 0.05) is 65.4 Å². The highest BCUT2D eigenvalue weighted by Crippen LogP contribution is 2.45. The summed E-state index contributed by atoms with van der Waals surface area (Å²) in [6.07, 6.45) is -26.6. The number of piperazine rings is 2. The molecule has 0 unspecified atom stereocenters. The van der Waals surface area contributed by atoms with Gasteiger partial charge < -0.3 is 30.3 Å². The maximum atomic E-state index is 12.7. The Bertz CT molecular complexity index is 1920. The van der Waals surface area contributed by atoms with Crippen LogP contribution in [0.2, 0.25) is 0 Å². The minimum absolute atomic E-state index is 0.119. The summed E-state index contributed by atoms with van der Waals surface area (Å²) in [5, 5.41) is 30.7. The van der Waals surface area contributed by atoms with E-state index in [0.717, 1.165) is 104 Å². The van der Waals surface area contributed by atoms with Gasteiger partial charge in [0.2, 0.25) is 6.10 Å². The number of nitrogens with zero attached hydrogens (tertiary/aromatic N) is 3. The number of aryl methyl sites for hydroxylation is 2. The second kappa shape index (κ2) is 21.7. The summed E-state index contributed by atoms with van der Waals surface area (Å²) in [7, 11) is 0. The van der Waals surface area contributed by atoms with Crippen molar-refractivity contribution in [1.29, 1.82) is 0 Å². The Balaban J connectivity index is 0.000000253. The van der Waals surface area contributed by atoms with Crippen molar-refractivity contribution in [3.05, 3.63) is 69.8 Å². The lowest BCUT2D eigenvalue weighted by atomic mass is 9.76. The van der Waals surface area contributed by atoms with Crippen molar-refractivity contribution in [2.75, 3.05) is 52.4 Å². The number of benzene rings is 2. The average Bonchev–Trinajstić information content (AvgIpc) is 3.93. The van der Waals surface area contributed by atoms with Crippen molar-refractivity contribution >= 4 is 18.0 Å². The zero-order valence-corrected chi connectivity index (χ0v) is 36.2. The predicted octanol–water partition coefficient (Wildman–Crippen LogP) is 8.41. The van der Waals surface area contributed by atoms with Crippen molar-refractivity contribution in [3.8, 4) is 0 Å². The number of hydrogen-bond donors (Lipinski definition) is 4. The van der Waals surface area contributed by atoms with Gasteiger partial charge in [0.25, 0.3) is 6.10 Å². The summed E-state index contributed by atoms with van der Waals surface area (Å²) in [6.45, 7) is 9.39. The van der Waals surface area contributed by atoms with E-state index in [4.69, 9.17) is 5.11 Å². The molecular formula is C43H54F12N4O7. The second-order valence-electron chi connectivity index (χ2n) is 17.1. The number of carbonyl (C=O) groups is 3. The standard InChI is InChI=1S/C22H26F6N2O4.C18H26N2O2.C3H2F6O/c1-14-4-5-15(16(12-14)20(18(31)32)6-2-3-7-20)13-29-8-10-30(11-9-29)19(33)34-17(21(23,24)25)22(26,27)28;1-14-4-5-15(13-20-10-8-19-9-11-20)16(12-14)18(17(21)22)6-2-3-7-18;4-2(5,6)1(10)3(7,8)9/h4-5,12,17H,2-3,6-11,13H2,1H3,(H,31,32);4-5,12,19H,2-3,6-11,13H2,1H3,(H,21,22);1,10H. The van der Waals surface area contributed by atoms with Crippen molar-refractivity contribution in [1.82, 2.24) is 20.0 Å². The molecule has 0 spiro atoms. The number of carboxylic acid groups (broad SMARTS) is 2. The van der Waals surface area contributed by atoms with Gasteiger partial charge in [-0.3, -0.25) is 19.4 Å². The third-order valence-corrected chi connectivity index (χ3v) is 12.4. The van der Waals surface area contributed by atoms with Crippen molar-refractivity contribution in [3.63, 3.8) is 0 Å². The number of aliphatic carboxylic acids is 2. The molecule has 23 heteroatoms. The lowest BCUT2D eigenvalue weighted by Gasteiger charge is -2.36. The van der Waals surface area contributed by atoms with Crippen LogP contribution in [0.3, 0.4) is 0 Å². The molecule has 2 aromatic carbocycles. The van der Waals surface area contributed by atoms with E-state index < -0.39 is 65.8 Å². The van der Waals surface area contributed by atoms with Crippen LogP contribution in [-0.2, 0) is 38.2 Å². The first-order valence-electron chi connectivity index (χ1n) is 21.2. The molecule has 0 aromatic heterocycles. The number of amides is 1. The van der Waals surface area contributed by atoms with Gasteiger partial charge >= 0.3 is 42.7 Å². The molecule has 372 valence electrons. The predicted molar refractivity (Wildman–Crippen MR) is 213 cm³/mol. The van der Waals surface area contributed by atoms with Crippen LogP contribution in [0.5, 0.6) is 0 Å². The van der Waals surface area contributed by atoms with Crippen LogP contribution in [-0.4, -0.2) is 137 Å². The molecule has 2 saturated heterocycles. The summed E-state index contributed by atoms with van der Waals surface area (Å²) >= 11 is 0. The van der Waals surface area contributed by atoms with Crippen molar-refractivity contribution in [2.24, 2.45) is 0 Å². The normalized spacial score (nSPS) is 19.5. The van der Waals surface area contributed by atoms with Crippen LogP contribution in [0.1, 0.15) is 84.7 Å². The number of ether oxygens (including phenoxy) is 1. The molecule has 1 amide bonds. The number of aliphatic hydroxyl groups is 1. The first-order valence-corrected chi connectivity index (χ1v) is 21.2. The number of alkyl halides is 12. The van der Waals surface area contributed by atoms with Crippen LogP contribution in [0.15, 0.2) is 36.4 Å². The fourth-order valence-electron chi connectivity index (χ4n) is 8.82. The lowest BCUT2D eigenvalue weighted by molar-refractivity contribution is -0.309. The second-order valence-corrected chi connectivity index (χ2v) is 17.1. The van der Waals surface area contributed by atoms with Gasteiger partial charge in [0.15, 0.2) is 0 Å². The molecule has 2 aromatic rings. The molecule has 2 heterocycles. The molecule has 0 bridgehead atoms. The summed E-state index contributed by atoms with van der Waals surface area (Å²) in [5.41, 5.74) is 4.26. The van der Waals surface area contributed by atoms with E-state index in [1.165, 1.54) is 5.56 Å². The highest BCUT2D eigenvalue weighted by atomic mass is 19.4. The lowest BCUT2D eigenvalue weighted by Crippen LogP contribution is -2.52. The molecule has 2 aliphatic heterocycles. The van der Waals surface area contributed by atoms with Crippen LogP contribution in [0.4, 0.5) is 57.5 Å². The van der Waals surface area contributed by atoms with Crippen molar-refractivity contribution < 1.29 is 87.1 Å². The van der Waals surface area contributed by atoms with Crippen LogP contribution in [0.25, 0.3) is 0 Å². The maximum absolute atomic E-state index is 12.7. The molecule has 0 atom stereocenters. The van der Waals surface area contributed by atoms with Gasteiger partial charge in [-0.25, -0.2) is 4.79 Å². The maximum Gasteiger partial charge on any atom is 0.434 e. The van der Waals surface area contributed by atoms with Crippen LogP contribution >= 0.6 is 0 Å². The zero-order valence-electron chi connectivity index (χ0n) is 36.2. The first-order chi connectivity index (χ1) is 30.5. The van der Waals surface area contributed by atoms with E-state index >= 15 is 0 Å². The fraction of sp³-hybridized carbons (Fsp3) is 0.651. The third kappa shape index (κ3) is 13.9. The fourth-order valence-corrected chi connectivity index (χ4v) is 8.82. The smallest absolute Gasteiger partial charge is 0.434 e. The average molecular weight is 967 g/mol. The van der Waals surface area contributed by atoms with Gasteiger partial charge in [0.1, 0.15) is 0 Å². The Morgan fingerprint density at radius 1 is 0.606 bits per heavy atom. The quantitative estimate of drug-likeness (QED) is 0.181. The van der Waals surface area contributed by atoms with Gasteiger partial charge in [0.05, 0.1) is 10.8 Å².